The topological polar surface area (TPSA) is 21.3 Å². The normalized spacial score (nSPS) is 12.9. The molecule has 0 saturated carbocycles. The zero-order chi connectivity index (χ0) is 11.7. The van der Waals surface area contributed by atoms with Crippen LogP contribution in [0.4, 0.5) is 0 Å². The maximum atomic E-state index is 5.57. The van der Waals surface area contributed by atoms with Crippen LogP contribution in [-0.2, 0) is 4.74 Å². The van der Waals surface area contributed by atoms with Gasteiger partial charge in [0.05, 0.1) is 13.2 Å². The van der Waals surface area contributed by atoms with Gasteiger partial charge in [0.25, 0.3) is 0 Å². The summed E-state index contributed by atoms with van der Waals surface area (Å²) in [7, 11) is 0. The lowest BCUT2D eigenvalue weighted by atomic mass is 9.94. The molecule has 0 amide bonds. The lowest BCUT2D eigenvalue weighted by Gasteiger charge is -2.25. The highest BCUT2D eigenvalue weighted by Crippen LogP contribution is 2.13. The Labute approximate surface area is 95.1 Å². The van der Waals surface area contributed by atoms with Crippen molar-refractivity contribution in [2.75, 3.05) is 26.3 Å². The third-order valence-electron chi connectivity index (χ3n) is 2.10. The van der Waals surface area contributed by atoms with Gasteiger partial charge in [-0.1, -0.05) is 39.8 Å². The quantitative estimate of drug-likeness (QED) is 0.494. The molecular weight excluding hydrogens is 186 g/mol. The fraction of sp³-hybridized carbons (Fsp3) is 0.846. The minimum absolute atomic E-state index is 0.219. The number of allylic oxidation sites excluding steroid dienone is 1. The molecule has 15 heavy (non-hydrogen) atoms. The van der Waals surface area contributed by atoms with Crippen LogP contribution in [0.15, 0.2) is 12.2 Å². The van der Waals surface area contributed by atoms with Crippen LogP contribution in [0.1, 0.15) is 34.6 Å². The molecule has 0 radical (unpaired) electrons. The highest BCUT2D eigenvalue weighted by atomic mass is 16.5. The molecule has 0 saturated heterocycles. The first-order valence-corrected chi connectivity index (χ1v) is 5.87. The molecule has 0 aliphatic heterocycles. The predicted molar refractivity (Wildman–Crippen MR) is 67.1 cm³/mol. The Bertz CT molecular complexity index is 173. The number of nitrogens with one attached hydrogen (secondary N) is 1. The minimum atomic E-state index is 0.219. The van der Waals surface area contributed by atoms with E-state index < -0.39 is 0 Å². The van der Waals surface area contributed by atoms with Gasteiger partial charge >= 0.3 is 0 Å². The summed E-state index contributed by atoms with van der Waals surface area (Å²) in [5, 5.41) is 3.47. The molecule has 0 aliphatic rings. The number of hydrogen-bond donors (Lipinski definition) is 1. The lowest BCUT2D eigenvalue weighted by molar-refractivity contribution is 0.0798. The van der Waals surface area contributed by atoms with Crippen LogP contribution < -0.4 is 5.32 Å². The molecule has 0 bridgehead atoms. The van der Waals surface area contributed by atoms with Crippen molar-refractivity contribution in [2.45, 2.75) is 34.6 Å². The molecule has 0 atom stereocenters. The fourth-order valence-electron chi connectivity index (χ4n) is 1.25. The van der Waals surface area contributed by atoms with E-state index in [1.807, 2.05) is 19.1 Å². The predicted octanol–water partition coefficient (Wildman–Crippen LogP) is 2.85. The Morgan fingerprint density at radius 3 is 2.53 bits per heavy atom. The molecule has 90 valence electrons. The molecule has 0 aromatic heterocycles. The van der Waals surface area contributed by atoms with Crippen LogP contribution in [-0.4, -0.2) is 26.3 Å². The Hall–Kier alpha value is -0.340. The lowest BCUT2D eigenvalue weighted by Crippen LogP contribution is -2.35. The van der Waals surface area contributed by atoms with Crippen LogP contribution in [0, 0.1) is 11.3 Å². The van der Waals surface area contributed by atoms with Crippen LogP contribution >= 0.6 is 0 Å². The third kappa shape index (κ3) is 9.95. The van der Waals surface area contributed by atoms with E-state index in [2.05, 4.69) is 33.0 Å². The van der Waals surface area contributed by atoms with Gasteiger partial charge < -0.3 is 10.1 Å². The summed E-state index contributed by atoms with van der Waals surface area (Å²) in [5.41, 5.74) is 0.219. The molecule has 0 aliphatic carbocycles. The highest BCUT2D eigenvalue weighted by molar-refractivity contribution is 4.77. The van der Waals surface area contributed by atoms with Gasteiger partial charge in [-0.25, -0.2) is 0 Å². The van der Waals surface area contributed by atoms with Gasteiger partial charge in [-0.15, -0.1) is 0 Å². The second kappa shape index (κ2) is 7.89. The molecule has 1 N–H and O–H groups in total. The van der Waals surface area contributed by atoms with Gasteiger partial charge in [-0.2, -0.15) is 0 Å². The third-order valence-corrected chi connectivity index (χ3v) is 2.10. The summed E-state index contributed by atoms with van der Waals surface area (Å²) in [6, 6.07) is 0. The second-order valence-corrected chi connectivity index (χ2v) is 5.27. The van der Waals surface area contributed by atoms with Crippen LogP contribution in [0.5, 0.6) is 0 Å². The maximum Gasteiger partial charge on any atom is 0.0647 e. The van der Waals surface area contributed by atoms with Crippen molar-refractivity contribution in [1.82, 2.24) is 5.32 Å². The van der Waals surface area contributed by atoms with Crippen molar-refractivity contribution in [1.29, 1.82) is 0 Å². The van der Waals surface area contributed by atoms with Crippen LogP contribution in [0.2, 0.25) is 0 Å². The van der Waals surface area contributed by atoms with Crippen molar-refractivity contribution in [3.05, 3.63) is 12.2 Å². The molecule has 0 aromatic carbocycles. The molecular formula is C13H27NO. The van der Waals surface area contributed by atoms with Crippen LogP contribution in [0.3, 0.4) is 0 Å². The summed E-state index contributed by atoms with van der Waals surface area (Å²) < 4.78 is 5.57. The second-order valence-electron chi connectivity index (χ2n) is 5.27. The van der Waals surface area contributed by atoms with E-state index in [0.29, 0.717) is 5.92 Å². The molecule has 0 fully saturated rings. The van der Waals surface area contributed by atoms with Crippen LogP contribution in [0.25, 0.3) is 0 Å². The summed E-state index contributed by atoms with van der Waals surface area (Å²) in [6.45, 7) is 14.6. The molecule has 0 rings (SSSR count). The maximum absolute atomic E-state index is 5.57. The van der Waals surface area contributed by atoms with E-state index in [1.54, 1.807) is 0 Å². The summed E-state index contributed by atoms with van der Waals surface area (Å²) in [5.74, 6) is 0.713. The zero-order valence-electron chi connectivity index (χ0n) is 11.0. The fourth-order valence-corrected chi connectivity index (χ4v) is 1.25. The van der Waals surface area contributed by atoms with E-state index in [4.69, 9.17) is 4.74 Å². The molecule has 2 nitrogen and oxygen atoms in total. The highest BCUT2D eigenvalue weighted by Gasteiger charge is 2.17. The molecule has 2 heteroatoms. The first-order chi connectivity index (χ1) is 6.98. The van der Waals surface area contributed by atoms with Gasteiger partial charge in [-0.05, 0) is 19.4 Å². The first kappa shape index (κ1) is 14.7. The Morgan fingerprint density at radius 2 is 2.00 bits per heavy atom. The van der Waals surface area contributed by atoms with Crippen molar-refractivity contribution in [2.24, 2.45) is 11.3 Å². The summed E-state index contributed by atoms with van der Waals surface area (Å²) in [6.07, 6.45) is 4.06. The number of rotatable bonds is 8. The molecule has 0 spiro atoms. The van der Waals surface area contributed by atoms with E-state index in [-0.39, 0.29) is 5.41 Å². The first-order valence-electron chi connectivity index (χ1n) is 5.87. The number of hydrogen-bond acceptors (Lipinski definition) is 2. The van der Waals surface area contributed by atoms with E-state index in [1.165, 1.54) is 0 Å². The van der Waals surface area contributed by atoms with Crippen molar-refractivity contribution >= 4 is 0 Å². The largest absolute Gasteiger partial charge is 0.377 e. The smallest absolute Gasteiger partial charge is 0.0647 e. The van der Waals surface area contributed by atoms with Gasteiger partial charge in [0.2, 0.25) is 0 Å². The van der Waals surface area contributed by atoms with Crippen molar-refractivity contribution in [3.8, 4) is 0 Å². The van der Waals surface area contributed by atoms with Gasteiger partial charge in [0, 0.05) is 12.0 Å². The summed E-state index contributed by atoms with van der Waals surface area (Å²) >= 11 is 0. The molecule has 0 heterocycles. The minimum Gasteiger partial charge on any atom is -0.377 e. The number of ether oxygens (including phenoxy) is 1. The molecule has 0 unspecified atom stereocenters. The van der Waals surface area contributed by atoms with Crippen molar-refractivity contribution < 1.29 is 4.74 Å². The monoisotopic (exact) mass is 213 g/mol. The Balaban J connectivity index is 3.57. The van der Waals surface area contributed by atoms with Gasteiger partial charge in [0.1, 0.15) is 0 Å². The van der Waals surface area contributed by atoms with E-state index >= 15 is 0 Å². The van der Waals surface area contributed by atoms with Gasteiger partial charge in [-0.3, -0.25) is 0 Å². The van der Waals surface area contributed by atoms with Crippen molar-refractivity contribution in [3.63, 3.8) is 0 Å². The SMILES string of the molecule is CC=CCOCC(C)(C)CNCC(C)C. The average molecular weight is 213 g/mol. The summed E-state index contributed by atoms with van der Waals surface area (Å²) in [4.78, 5) is 0. The standard InChI is InChI=1S/C13H27NO/c1-6-7-8-15-11-13(4,5)10-14-9-12(2)3/h6-7,12,14H,8-11H2,1-5H3. The van der Waals surface area contributed by atoms with Gasteiger partial charge in [0.15, 0.2) is 0 Å². The Morgan fingerprint density at radius 1 is 1.33 bits per heavy atom. The van der Waals surface area contributed by atoms with E-state index in [0.717, 1.165) is 26.3 Å². The Kier molecular flexibility index (Phi) is 7.71. The average Bonchev–Trinajstić information content (AvgIpc) is 2.11. The zero-order valence-corrected chi connectivity index (χ0v) is 11.0. The van der Waals surface area contributed by atoms with E-state index in [9.17, 15) is 0 Å². The molecule has 0 aromatic rings.